The normalized spacial score (nSPS) is 23.6. The van der Waals surface area contributed by atoms with Crippen LogP contribution in [-0.2, 0) is 9.59 Å². The largest absolute Gasteiger partial charge is 0.374 e. The Morgan fingerprint density at radius 3 is 2.34 bits per heavy atom. The highest BCUT2D eigenvalue weighted by atomic mass is 35.5. The number of amides is 3. The molecule has 0 aromatic heterocycles. The lowest BCUT2D eigenvalue weighted by Gasteiger charge is -2.40. The van der Waals surface area contributed by atoms with E-state index in [4.69, 9.17) is 11.6 Å². The molecule has 10 nitrogen and oxygen atoms in total. The maximum atomic E-state index is 13.6. The van der Waals surface area contributed by atoms with Crippen molar-refractivity contribution in [3.05, 3.63) is 88.4 Å². The zero-order chi connectivity index (χ0) is 38.8. The van der Waals surface area contributed by atoms with Crippen LogP contribution >= 0.6 is 11.6 Å². The minimum Gasteiger partial charge on any atom is -0.374 e. The fourth-order valence-electron chi connectivity index (χ4n) is 10.1. The van der Waals surface area contributed by atoms with Crippen LogP contribution in [0, 0.1) is 22.7 Å². The van der Waals surface area contributed by atoms with E-state index in [-0.39, 0.29) is 29.2 Å². The summed E-state index contributed by atoms with van der Waals surface area (Å²) in [4.78, 5) is 46.9. The molecule has 0 bridgehead atoms. The number of carbonyl (C=O) groups is 3. The molecule has 3 aromatic rings. The summed E-state index contributed by atoms with van der Waals surface area (Å²) in [5.74, 6) is 0.811. The van der Waals surface area contributed by atoms with Crippen LogP contribution in [0.4, 0.5) is 17.1 Å². The van der Waals surface area contributed by atoms with Gasteiger partial charge in [-0.2, -0.15) is 5.26 Å². The molecule has 3 amide bonds. The minimum absolute atomic E-state index is 0.144. The van der Waals surface area contributed by atoms with Crippen molar-refractivity contribution in [2.75, 3.05) is 67.5 Å². The fourth-order valence-corrected chi connectivity index (χ4v) is 10.3. The van der Waals surface area contributed by atoms with Gasteiger partial charge in [0.25, 0.3) is 5.91 Å². The average Bonchev–Trinajstić information content (AvgIpc) is 3.54. The summed E-state index contributed by atoms with van der Waals surface area (Å²) in [6, 6.07) is 24.8. The molecule has 0 radical (unpaired) electrons. The first kappa shape index (κ1) is 38.3. The Morgan fingerprint density at radius 2 is 1.64 bits per heavy atom. The van der Waals surface area contributed by atoms with Gasteiger partial charge in [-0.1, -0.05) is 23.7 Å². The van der Waals surface area contributed by atoms with Gasteiger partial charge in [0.1, 0.15) is 12.1 Å². The number of hydrogen-bond acceptors (Lipinski definition) is 8. The van der Waals surface area contributed by atoms with Crippen molar-refractivity contribution in [3.8, 4) is 6.07 Å². The number of nitrogens with zero attached hydrogens (tertiary/aromatic N) is 5. The Kier molecular flexibility index (Phi) is 11.3. The number of carbonyl (C=O) groups excluding carboxylic acids is 3. The maximum absolute atomic E-state index is 13.6. The second-order valence-corrected chi connectivity index (χ2v) is 17.5. The Labute approximate surface area is 336 Å². The molecule has 56 heavy (non-hydrogen) atoms. The van der Waals surface area contributed by atoms with Crippen LogP contribution in [0.25, 0.3) is 0 Å². The van der Waals surface area contributed by atoms with Crippen LogP contribution in [0.2, 0.25) is 5.02 Å². The zero-order valence-electron chi connectivity index (χ0n) is 32.5. The number of benzene rings is 3. The maximum Gasteiger partial charge on any atom is 0.253 e. The van der Waals surface area contributed by atoms with Gasteiger partial charge in [0, 0.05) is 74.4 Å². The van der Waals surface area contributed by atoms with Gasteiger partial charge < -0.3 is 24.9 Å². The van der Waals surface area contributed by atoms with Gasteiger partial charge in [0.15, 0.2) is 0 Å². The van der Waals surface area contributed by atoms with Gasteiger partial charge in [0.05, 0.1) is 10.6 Å². The molecule has 2 atom stereocenters. The molecule has 5 aliphatic heterocycles. The minimum atomic E-state index is -0.371. The van der Waals surface area contributed by atoms with Gasteiger partial charge >= 0.3 is 0 Å². The van der Waals surface area contributed by atoms with E-state index in [1.165, 1.54) is 11.3 Å². The third-order valence-corrected chi connectivity index (χ3v) is 13.7. The quantitative estimate of drug-likeness (QED) is 0.235. The smallest absolute Gasteiger partial charge is 0.253 e. The number of rotatable bonds is 8. The van der Waals surface area contributed by atoms with Crippen LogP contribution < -0.4 is 20.4 Å². The van der Waals surface area contributed by atoms with Crippen molar-refractivity contribution in [3.63, 3.8) is 0 Å². The molecule has 5 fully saturated rings. The predicted octanol–water partition coefficient (Wildman–Crippen LogP) is 7.05. The molecule has 0 unspecified atom stereocenters. The van der Waals surface area contributed by atoms with E-state index in [1.807, 2.05) is 41.3 Å². The number of likely N-dealkylation sites (tertiary alicyclic amines) is 2. The van der Waals surface area contributed by atoms with Crippen LogP contribution in [0.3, 0.4) is 0 Å². The molecule has 3 aromatic carbocycles. The molecule has 1 spiro atoms. The number of nitriles is 1. The first-order chi connectivity index (χ1) is 27.1. The van der Waals surface area contributed by atoms with Crippen LogP contribution in [-0.4, -0.2) is 92.0 Å². The zero-order valence-corrected chi connectivity index (χ0v) is 33.3. The second kappa shape index (κ2) is 16.5. The molecule has 294 valence electrons. The molecule has 11 heteroatoms. The third kappa shape index (κ3) is 8.40. The number of imide groups is 1. The van der Waals surface area contributed by atoms with Crippen LogP contribution in [0.5, 0.6) is 0 Å². The molecule has 5 saturated heterocycles. The summed E-state index contributed by atoms with van der Waals surface area (Å²) >= 11 is 6.38. The average molecular weight is 776 g/mol. The summed E-state index contributed by atoms with van der Waals surface area (Å²) in [7, 11) is 0. The Hall–Kier alpha value is -4.59. The first-order valence-corrected chi connectivity index (χ1v) is 21.1. The Morgan fingerprint density at radius 1 is 0.911 bits per heavy atom. The van der Waals surface area contributed by atoms with Crippen LogP contribution in [0.15, 0.2) is 66.7 Å². The second-order valence-electron chi connectivity index (χ2n) is 17.1. The summed E-state index contributed by atoms with van der Waals surface area (Å²) < 4.78 is 0. The standard InChI is InChI=1S/C45H54ClN7O3/c1-31-27-45(30-53(31)39-10-7-36(28-47)40(46)26-39)17-23-51(24-18-45)38-8-5-34(6-9-38)44(56)52-21-13-32(14-22-52)29-50-19-15-33(16-20-50)35-3-2-4-37(25-35)48-41-11-12-42(54)49-43(41)55/h2-10,25-26,31-33,41,48H,11-24,27,29-30H2,1H3,(H,49,54,55)/t31-,41-/m1/s1. The van der Waals surface area contributed by atoms with E-state index in [0.29, 0.717) is 41.3 Å². The van der Waals surface area contributed by atoms with Gasteiger partial charge in [0.2, 0.25) is 11.8 Å². The summed E-state index contributed by atoms with van der Waals surface area (Å²) in [5, 5.41) is 15.6. The molecule has 2 N–H and O–H groups in total. The molecular formula is C45H54ClN7O3. The van der Waals surface area contributed by atoms with Gasteiger partial charge in [-0.15, -0.1) is 0 Å². The topological polar surface area (TPSA) is 112 Å². The van der Waals surface area contributed by atoms with E-state index >= 15 is 0 Å². The number of piperidine rings is 4. The molecular weight excluding hydrogens is 722 g/mol. The number of halogens is 1. The summed E-state index contributed by atoms with van der Waals surface area (Å²) in [6.07, 6.45) is 8.62. The lowest BCUT2D eigenvalue weighted by molar-refractivity contribution is -0.133. The molecule has 0 aliphatic carbocycles. The highest BCUT2D eigenvalue weighted by Crippen LogP contribution is 2.46. The lowest BCUT2D eigenvalue weighted by atomic mass is 9.76. The van der Waals surface area contributed by atoms with Crippen molar-refractivity contribution in [2.45, 2.75) is 82.7 Å². The van der Waals surface area contributed by atoms with Crippen molar-refractivity contribution in [1.82, 2.24) is 15.1 Å². The van der Waals surface area contributed by atoms with E-state index in [0.717, 1.165) is 114 Å². The van der Waals surface area contributed by atoms with Crippen molar-refractivity contribution in [2.24, 2.45) is 11.3 Å². The number of anilines is 3. The Bertz CT molecular complexity index is 1960. The van der Waals surface area contributed by atoms with Crippen molar-refractivity contribution >= 4 is 46.4 Å². The van der Waals surface area contributed by atoms with E-state index in [2.05, 4.69) is 68.7 Å². The predicted molar refractivity (Wildman–Crippen MR) is 221 cm³/mol. The SMILES string of the molecule is C[C@@H]1CC2(CCN(c3ccc(C(=O)N4CCC(CN5CCC(c6cccc(N[C@@H]7CCC(=O)NC7=O)c6)CC5)CC4)cc3)CC2)CN1c1ccc(C#N)c(Cl)c1. The molecule has 5 aliphatic rings. The van der Waals surface area contributed by atoms with Gasteiger partial charge in [-0.05, 0) is 149 Å². The fraction of sp³-hybridized carbons (Fsp3) is 0.511. The van der Waals surface area contributed by atoms with Crippen LogP contribution in [0.1, 0.15) is 92.1 Å². The highest BCUT2D eigenvalue weighted by Gasteiger charge is 2.44. The van der Waals surface area contributed by atoms with Gasteiger partial charge in [-0.25, -0.2) is 0 Å². The first-order valence-electron chi connectivity index (χ1n) is 20.7. The van der Waals surface area contributed by atoms with Gasteiger partial charge in [-0.3, -0.25) is 19.7 Å². The Balaban J connectivity index is 0.762. The summed E-state index contributed by atoms with van der Waals surface area (Å²) in [6.45, 7) is 10.2. The molecule has 0 saturated carbocycles. The van der Waals surface area contributed by atoms with Crippen molar-refractivity contribution < 1.29 is 14.4 Å². The molecule has 5 heterocycles. The van der Waals surface area contributed by atoms with E-state index in [9.17, 15) is 19.6 Å². The lowest BCUT2D eigenvalue weighted by Crippen LogP contribution is -2.47. The number of nitrogens with one attached hydrogen (secondary N) is 2. The third-order valence-electron chi connectivity index (χ3n) is 13.4. The van der Waals surface area contributed by atoms with E-state index in [1.54, 1.807) is 0 Å². The van der Waals surface area contributed by atoms with E-state index < -0.39 is 0 Å². The number of hydrogen-bond donors (Lipinski definition) is 2. The molecule has 8 rings (SSSR count). The monoisotopic (exact) mass is 775 g/mol. The highest BCUT2D eigenvalue weighted by molar-refractivity contribution is 6.32. The van der Waals surface area contributed by atoms with Crippen molar-refractivity contribution in [1.29, 1.82) is 5.26 Å². The summed E-state index contributed by atoms with van der Waals surface area (Å²) in [5.41, 5.74) is 6.12.